The first kappa shape index (κ1) is 18.2. The molecule has 2 rings (SSSR count). The minimum Gasteiger partial charge on any atom is -0.369 e. The molecule has 1 atom stereocenters. The highest BCUT2D eigenvalue weighted by Gasteiger charge is 2.33. The van der Waals surface area contributed by atoms with Gasteiger partial charge in [-0.3, -0.25) is 4.79 Å². The van der Waals surface area contributed by atoms with Crippen LogP contribution in [0.3, 0.4) is 0 Å². The summed E-state index contributed by atoms with van der Waals surface area (Å²) in [6, 6.07) is 5.62. The largest absolute Gasteiger partial charge is 0.369 e. The molecule has 0 unspecified atom stereocenters. The summed E-state index contributed by atoms with van der Waals surface area (Å²) in [6.45, 7) is 5.80. The lowest BCUT2D eigenvalue weighted by Gasteiger charge is -2.43. The van der Waals surface area contributed by atoms with Crippen LogP contribution >= 0.6 is 0 Å². The zero-order valence-electron chi connectivity index (χ0n) is 14.7. The van der Waals surface area contributed by atoms with Gasteiger partial charge in [-0.15, -0.1) is 0 Å². The van der Waals surface area contributed by atoms with Gasteiger partial charge in [-0.25, -0.2) is 4.98 Å². The maximum absolute atomic E-state index is 11.6. The number of nitriles is 1. The molecule has 7 nitrogen and oxygen atoms in total. The van der Waals surface area contributed by atoms with E-state index in [1.54, 1.807) is 26.4 Å². The number of carbonyl (C=O) groups excluding carboxylic acids is 1. The highest BCUT2D eigenvalue weighted by molar-refractivity contribution is 5.76. The number of rotatable bonds is 5. The molecule has 0 N–H and O–H groups in total. The molecule has 0 bridgehead atoms. The molecule has 1 aliphatic rings. The van der Waals surface area contributed by atoms with Crippen LogP contribution in [0, 0.1) is 11.3 Å². The fourth-order valence-electron chi connectivity index (χ4n) is 2.63. The summed E-state index contributed by atoms with van der Waals surface area (Å²) < 4.78 is 11.6. The van der Waals surface area contributed by atoms with Gasteiger partial charge in [0.2, 0.25) is 5.91 Å². The average molecular weight is 332 g/mol. The summed E-state index contributed by atoms with van der Waals surface area (Å²) in [5, 5.41) is 8.85. The minimum atomic E-state index is -0.342. The third-order valence-corrected chi connectivity index (χ3v) is 3.74. The predicted molar refractivity (Wildman–Crippen MR) is 89.6 cm³/mol. The van der Waals surface area contributed by atoms with E-state index in [4.69, 9.17) is 14.7 Å². The summed E-state index contributed by atoms with van der Waals surface area (Å²) in [5.41, 5.74) is 0.999. The van der Waals surface area contributed by atoms with E-state index < -0.39 is 0 Å². The summed E-state index contributed by atoms with van der Waals surface area (Å²) in [7, 11) is 3.40. The van der Waals surface area contributed by atoms with E-state index in [-0.39, 0.29) is 24.2 Å². The number of morpholine rings is 1. The molecule has 1 aromatic heterocycles. The van der Waals surface area contributed by atoms with Crippen LogP contribution in [0.4, 0.5) is 5.69 Å². The van der Waals surface area contributed by atoms with Crippen LogP contribution in [0.25, 0.3) is 0 Å². The maximum Gasteiger partial charge on any atom is 0.248 e. The van der Waals surface area contributed by atoms with Gasteiger partial charge in [0.05, 0.1) is 30.2 Å². The summed E-state index contributed by atoms with van der Waals surface area (Å²) >= 11 is 0. The van der Waals surface area contributed by atoms with Gasteiger partial charge in [-0.1, -0.05) is 0 Å². The number of pyridine rings is 1. The second-order valence-electron chi connectivity index (χ2n) is 6.70. The standard InChI is InChI=1S/C17H24N4O3/c1-17(2)12-21(14-6-5-13(7-18)19-8-14)9-15(24-17)10-23-11-16(22)20(3)4/h5-6,8,15H,9-12H2,1-4H3/t15-/m1/s1. The molecule has 1 fully saturated rings. The summed E-state index contributed by atoms with van der Waals surface area (Å²) in [4.78, 5) is 19.4. The van der Waals surface area contributed by atoms with Crippen molar-refractivity contribution in [3.8, 4) is 6.07 Å². The lowest BCUT2D eigenvalue weighted by atomic mass is 10.0. The number of ether oxygens (including phenoxy) is 2. The maximum atomic E-state index is 11.6. The van der Waals surface area contributed by atoms with Gasteiger partial charge >= 0.3 is 0 Å². The minimum absolute atomic E-state index is 0.0473. The molecular formula is C17H24N4O3. The van der Waals surface area contributed by atoms with E-state index >= 15 is 0 Å². The number of aromatic nitrogens is 1. The quantitative estimate of drug-likeness (QED) is 0.802. The average Bonchev–Trinajstić information content (AvgIpc) is 2.53. The third-order valence-electron chi connectivity index (χ3n) is 3.74. The van der Waals surface area contributed by atoms with Crippen molar-refractivity contribution >= 4 is 11.6 Å². The molecular weight excluding hydrogens is 308 g/mol. The summed E-state index contributed by atoms with van der Waals surface area (Å²) in [6.07, 6.45) is 1.56. The van der Waals surface area contributed by atoms with Gasteiger partial charge in [-0.2, -0.15) is 5.26 Å². The Hall–Kier alpha value is -2.17. The van der Waals surface area contributed by atoms with Crippen LogP contribution in [0.5, 0.6) is 0 Å². The van der Waals surface area contributed by atoms with E-state index in [1.165, 1.54) is 4.90 Å². The van der Waals surface area contributed by atoms with Gasteiger partial charge in [0.25, 0.3) is 0 Å². The van der Waals surface area contributed by atoms with Gasteiger partial charge < -0.3 is 19.3 Å². The van der Waals surface area contributed by atoms with E-state index in [9.17, 15) is 4.79 Å². The molecule has 0 aliphatic carbocycles. The first-order valence-corrected chi connectivity index (χ1v) is 7.87. The van der Waals surface area contributed by atoms with Crippen molar-refractivity contribution in [2.45, 2.75) is 25.6 Å². The number of likely N-dealkylation sites (N-methyl/N-ethyl adjacent to an activating group) is 1. The van der Waals surface area contributed by atoms with Crippen molar-refractivity contribution in [2.24, 2.45) is 0 Å². The second kappa shape index (κ2) is 7.60. The molecule has 130 valence electrons. The number of hydrogen-bond donors (Lipinski definition) is 0. The molecule has 7 heteroatoms. The predicted octanol–water partition coefficient (Wildman–Crippen LogP) is 1.04. The Morgan fingerprint density at radius 2 is 2.29 bits per heavy atom. The molecule has 0 saturated carbocycles. The smallest absolute Gasteiger partial charge is 0.248 e. The SMILES string of the molecule is CN(C)C(=O)COC[C@H]1CN(c2ccc(C#N)nc2)CC(C)(C)O1. The van der Waals surface area contributed by atoms with Crippen molar-refractivity contribution in [1.29, 1.82) is 5.26 Å². The molecule has 24 heavy (non-hydrogen) atoms. The Bertz CT molecular complexity index is 607. The topological polar surface area (TPSA) is 78.7 Å². The normalized spacial score (nSPS) is 19.6. The number of nitrogens with zero attached hydrogens (tertiary/aromatic N) is 4. The molecule has 1 aliphatic heterocycles. The van der Waals surface area contributed by atoms with Crippen LogP contribution in [-0.4, -0.2) is 67.9 Å². The molecule has 1 saturated heterocycles. The van der Waals surface area contributed by atoms with Crippen LogP contribution in [-0.2, 0) is 14.3 Å². The Labute approximate surface area is 142 Å². The molecule has 0 radical (unpaired) electrons. The van der Waals surface area contributed by atoms with Crippen molar-refractivity contribution in [3.63, 3.8) is 0 Å². The molecule has 1 amide bonds. The highest BCUT2D eigenvalue weighted by atomic mass is 16.5. The lowest BCUT2D eigenvalue weighted by Crippen LogP contribution is -2.54. The van der Waals surface area contributed by atoms with Crippen molar-refractivity contribution in [3.05, 3.63) is 24.0 Å². The van der Waals surface area contributed by atoms with E-state index in [2.05, 4.69) is 9.88 Å². The Morgan fingerprint density at radius 3 is 2.88 bits per heavy atom. The first-order valence-electron chi connectivity index (χ1n) is 7.87. The van der Waals surface area contributed by atoms with Crippen molar-refractivity contribution in [2.75, 3.05) is 45.3 Å². The molecule has 1 aromatic rings. The first-order chi connectivity index (χ1) is 11.3. The number of anilines is 1. The van der Waals surface area contributed by atoms with Crippen LogP contribution in [0.15, 0.2) is 18.3 Å². The van der Waals surface area contributed by atoms with Gasteiger partial charge in [-0.05, 0) is 26.0 Å². The Morgan fingerprint density at radius 1 is 1.54 bits per heavy atom. The monoisotopic (exact) mass is 332 g/mol. The van der Waals surface area contributed by atoms with Crippen molar-refractivity contribution in [1.82, 2.24) is 9.88 Å². The zero-order chi connectivity index (χ0) is 17.7. The second-order valence-corrected chi connectivity index (χ2v) is 6.70. The van der Waals surface area contributed by atoms with E-state index in [0.717, 1.165) is 5.69 Å². The van der Waals surface area contributed by atoms with Crippen LogP contribution in [0.1, 0.15) is 19.5 Å². The lowest BCUT2D eigenvalue weighted by molar-refractivity contribution is -0.139. The fourth-order valence-corrected chi connectivity index (χ4v) is 2.63. The highest BCUT2D eigenvalue weighted by Crippen LogP contribution is 2.25. The van der Waals surface area contributed by atoms with Crippen LogP contribution in [0.2, 0.25) is 0 Å². The molecule has 0 aromatic carbocycles. The van der Waals surface area contributed by atoms with Crippen molar-refractivity contribution < 1.29 is 14.3 Å². The molecule has 2 heterocycles. The van der Waals surface area contributed by atoms with Crippen LogP contribution < -0.4 is 4.90 Å². The fraction of sp³-hybridized carbons (Fsp3) is 0.588. The van der Waals surface area contributed by atoms with Gasteiger partial charge in [0.15, 0.2) is 0 Å². The molecule has 0 spiro atoms. The number of carbonyl (C=O) groups is 1. The number of hydrogen-bond acceptors (Lipinski definition) is 6. The Balaban J connectivity index is 1.98. The summed E-state index contributed by atoms with van der Waals surface area (Å²) in [5.74, 6) is -0.0711. The Kier molecular flexibility index (Phi) is 5.75. The third kappa shape index (κ3) is 4.91. The number of amides is 1. The van der Waals surface area contributed by atoms with E-state index in [0.29, 0.717) is 25.4 Å². The van der Waals surface area contributed by atoms with Gasteiger partial charge in [0, 0.05) is 27.2 Å². The van der Waals surface area contributed by atoms with Gasteiger partial charge in [0.1, 0.15) is 18.4 Å². The zero-order valence-corrected chi connectivity index (χ0v) is 14.7. The van der Waals surface area contributed by atoms with E-state index in [1.807, 2.05) is 26.0 Å².